The summed E-state index contributed by atoms with van der Waals surface area (Å²) in [6, 6.07) is 8.83. The fraction of sp³-hybridized carbons (Fsp3) is 0.231. The highest BCUT2D eigenvalue weighted by Gasteiger charge is 2.27. The summed E-state index contributed by atoms with van der Waals surface area (Å²) in [5.41, 5.74) is 8.16. The number of aromatic nitrogens is 4. The smallest absolute Gasteiger partial charge is 0.335 e. The number of rotatable bonds is 6. The Morgan fingerprint density at radius 1 is 1.22 bits per heavy atom. The molecule has 1 unspecified atom stereocenters. The molecule has 1 saturated heterocycles. The quantitative estimate of drug-likeness (QED) is 0.400. The first-order chi connectivity index (χ1) is 17.4. The highest BCUT2D eigenvalue weighted by Crippen LogP contribution is 2.35. The molecule has 0 amide bonds. The number of piperidine rings is 1. The number of benzene rings is 1. The van der Waals surface area contributed by atoms with Crippen LogP contribution in [0.15, 0.2) is 61.1 Å². The number of nitrogens with two attached hydrogens (primary N) is 1. The van der Waals surface area contributed by atoms with E-state index in [1.807, 2.05) is 19.1 Å². The van der Waals surface area contributed by atoms with Gasteiger partial charge in [0, 0.05) is 43.5 Å². The molecule has 0 bridgehead atoms. The summed E-state index contributed by atoms with van der Waals surface area (Å²) in [5.74, 6) is -0.703. The van der Waals surface area contributed by atoms with Crippen LogP contribution in [0.25, 0.3) is 16.9 Å². The zero-order chi connectivity index (χ0) is 25.2. The van der Waals surface area contributed by atoms with Crippen LogP contribution in [0.5, 0.6) is 11.6 Å². The van der Waals surface area contributed by atoms with E-state index in [-0.39, 0.29) is 34.6 Å². The number of fused-ring (bicyclic) bond motifs is 1. The van der Waals surface area contributed by atoms with Crippen molar-refractivity contribution in [2.24, 2.45) is 0 Å². The molecule has 0 aliphatic carbocycles. The number of aromatic carboxylic acids is 1. The maximum atomic E-state index is 15.4. The Kier molecular flexibility index (Phi) is 6.24. The second-order valence-corrected chi connectivity index (χ2v) is 8.59. The average molecular weight is 489 g/mol. The number of carbonyl (C=O) groups is 1. The first-order valence-corrected chi connectivity index (χ1v) is 11.6. The predicted octanol–water partition coefficient (Wildman–Crippen LogP) is 4.72. The van der Waals surface area contributed by atoms with E-state index in [9.17, 15) is 4.79 Å². The van der Waals surface area contributed by atoms with E-state index in [0.29, 0.717) is 5.82 Å². The number of allylic oxidation sites excluding steroid dienone is 1. The van der Waals surface area contributed by atoms with Crippen LogP contribution >= 0.6 is 0 Å². The maximum absolute atomic E-state index is 15.4. The number of halogens is 1. The summed E-state index contributed by atoms with van der Waals surface area (Å²) in [7, 11) is 0. The molecule has 9 nitrogen and oxygen atoms in total. The average Bonchev–Trinajstić information content (AvgIpc) is 3.25. The molecule has 0 radical (unpaired) electrons. The standard InChI is InChI=1S/C26H25FN6O3/c1-2-11-32-12-3-4-17(15-32)23-21-8-10-30-26(28)33(21)24(31-23)19-6-5-18(14-20(19)27)36-22-13-16(25(34)35)7-9-29-22/h2,5-11,13-14,17H,3-4,12,15H2,1H3,(H2,28,30)(H,34,35). The fourth-order valence-corrected chi connectivity index (χ4v) is 4.60. The second kappa shape index (κ2) is 9.65. The lowest BCUT2D eigenvalue weighted by Crippen LogP contribution is -2.30. The van der Waals surface area contributed by atoms with Gasteiger partial charge in [-0.05, 0) is 50.2 Å². The maximum Gasteiger partial charge on any atom is 0.335 e. The summed E-state index contributed by atoms with van der Waals surface area (Å²) in [6.45, 7) is 3.80. The van der Waals surface area contributed by atoms with Gasteiger partial charge in [-0.1, -0.05) is 6.08 Å². The number of carboxylic acid groups (broad SMARTS) is 1. The minimum absolute atomic E-state index is 0.0205. The van der Waals surface area contributed by atoms with E-state index in [0.717, 1.165) is 37.1 Å². The lowest BCUT2D eigenvalue weighted by molar-refractivity contribution is 0.0696. The Morgan fingerprint density at radius 2 is 2.06 bits per heavy atom. The highest BCUT2D eigenvalue weighted by atomic mass is 19.1. The summed E-state index contributed by atoms with van der Waals surface area (Å²) < 4.78 is 22.7. The van der Waals surface area contributed by atoms with Crippen molar-refractivity contribution < 1.29 is 19.0 Å². The Labute approximate surface area is 206 Å². The van der Waals surface area contributed by atoms with Gasteiger partial charge in [-0.25, -0.2) is 24.1 Å². The number of carboxylic acids is 1. The van der Waals surface area contributed by atoms with Gasteiger partial charge in [0.15, 0.2) is 5.82 Å². The van der Waals surface area contributed by atoms with Gasteiger partial charge in [0.05, 0.1) is 22.3 Å². The zero-order valence-corrected chi connectivity index (χ0v) is 19.6. The number of nitrogens with zero attached hydrogens (tertiary/aromatic N) is 5. The van der Waals surface area contributed by atoms with Crippen LogP contribution in [0.3, 0.4) is 0 Å². The van der Waals surface area contributed by atoms with Gasteiger partial charge in [0.2, 0.25) is 11.8 Å². The number of imidazole rings is 1. The Hall–Kier alpha value is -4.47. The van der Waals surface area contributed by atoms with Crippen LogP contribution in [0.4, 0.5) is 10.3 Å². The van der Waals surface area contributed by atoms with Crippen molar-refractivity contribution in [3.8, 4) is 23.0 Å². The first-order valence-electron chi connectivity index (χ1n) is 11.6. The second-order valence-electron chi connectivity index (χ2n) is 8.59. The van der Waals surface area contributed by atoms with Crippen LogP contribution in [0.1, 0.15) is 41.7 Å². The van der Waals surface area contributed by atoms with Crippen molar-refractivity contribution in [3.05, 3.63) is 78.1 Å². The minimum atomic E-state index is -1.11. The normalized spacial score (nSPS) is 16.1. The number of hydrogen-bond donors (Lipinski definition) is 2. The third-order valence-electron chi connectivity index (χ3n) is 6.19. The number of pyridine rings is 1. The third kappa shape index (κ3) is 4.45. The lowest BCUT2D eigenvalue weighted by Gasteiger charge is -2.31. The van der Waals surface area contributed by atoms with E-state index in [2.05, 4.69) is 21.1 Å². The molecule has 1 aliphatic heterocycles. The molecule has 1 aromatic carbocycles. The number of hydrogen-bond acceptors (Lipinski definition) is 7. The molecular weight excluding hydrogens is 463 g/mol. The molecule has 3 aromatic heterocycles. The van der Waals surface area contributed by atoms with Crippen molar-refractivity contribution >= 4 is 17.4 Å². The van der Waals surface area contributed by atoms with Crippen LogP contribution < -0.4 is 10.5 Å². The Morgan fingerprint density at radius 3 is 2.83 bits per heavy atom. The SMILES string of the molecule is CC=CN1CCCC(c2nc(-c3ccc(Oc4cc(C(=O)O)ccn4)cc3F)n3c(N)nccc23)C1. The third-order valence-corrected chi connectivity index (χ3v) is 6.19. The molecule has 1 fully saturated rings. The molecule has 0 spiro atoms. The lowest BCUT2D eigenvalue weighted by atomic mass is 9.94. The molecule has 184 valence electrons. The first kappa shape index (κ1) is 23.3. The van der Waals surface area contributed by atoms with Gasteiger partial charge >= 0.3 is 5.97 Å². The Balaban J connectivity index is 1.51. The van der Waals surface area contributed by atoms with Gasteiger partial charge in [-0.2, -0.15) is 0 Å². The molecule has 5 rings (SSSR count). The molecule has 3 N–H and O–H groups in total. The van der Waals surface area contributed by atoms with E-state index >= 15 is 4.39 Å². The van der Waals surface area contributed by atoms with Crippen LogP contribution in [0, 0.1) is 5.82 Å². The van der Waals surface area contributed by atoms with Crippen LogP contribution in [-0.4, -0.2) is 48.4 Å². The summed E-state index contributed by atoms with van der Waals surface area (Å²) in [4.78, 5) is 26.5. The van der Waals surface area contributed by atoms with Crippen molar-refractivity contribution in [1.29, 1.82) is 0 Å². The summed E-state index contributed by atoms with van der Waals surface area (Å²) >= 11 is 0. The molecule has 10 heteroatoms. The summed E-state index contributed by atoms with van der Waals surface area (Å²) in [6.07, 6.45) is 9.06. The van der Waals surface area contributed by atoms with Gasteiger partial charge in [0.25, 0.3) is 0 Å². The molecule has 0 saturated carbocycles. The monoisotopic (exact) mass is 488 g/mol. The molecule has 36 heavy (non-hydrogen) atoms. The Bertz CT molecular complexity index is 1470. The topological polar surface area (TPSA) is 119 Å². The van der Waals surface area contributed by atoms with Crippen LogP contribution in [-0.2, 0) is 0 Å². The molecule has 1 aliphatic rings. The molecule has 4 aromatic rings. The van der Waals surface area contributed by atoms with Crippen molar-refractivity contribution in [3.63, 3.8) is 0 Å². The fourth-order valence-electron chi connectivity index (χ4n) is 4.60. The molecule has 4 heterocycles. The largest absolute Gasteiger partial charge is 0.478 e. The van der Waals surface area contributed by atoms with Crippen LogP contribution in [0.2, 0.25) is 0 Å². The highest BCUT2D eigenvalue weighted by molar-refractivity contribution is 5.87. The van der Waals surface area contributed by atoms with Crippen molar-refractivity contribution in [2.75, 3.05) is 18.8 Å². The van der Waals surface area contributed by atoms with Gasteiger partial charge < -0.3 is 20.5 Å². The van der Waals surface area contributed by atoms with E-state index < -0.39 is 11.8 Å². The minimum Gasteiger partial charge on any atom is -0.478 e. The number of ether oxygens (including phenoxy) is 1. The van der Waals surface area contributed by atoms with E-state index in [4.69, 9.17) is 20.6 Å². The van der Waals surface area contributed by atoms with Crippen molar-refractivity contribution in [2.45, 2.75) is 25.7 Å². The van der Waals surface area contributed by atoms with E-state index in [1.165, 1.54) is 24.4 Å². The van der Waals surface area contributed by atoms with E-state index in [1.54, 1.807) is 22.7 Å². The molecule has 1 atom stereocenters. The zero-order valence-electron chi connectivity index (χ0n) is 19.6. The number of likely N-dealkylation sites (tertiary alicyclic amines) is 1. The van der Waals surface area contributed by atoms with Gasteiger partial charge in [-0.15, -0.1) is 0 Å². The predicted molar refractivity (Wildman–Crippen MR) is 132 cm³/mol. The molecular formula is C26H25FN6O3. The van der Waals surface area contributed by atoms with Gasteiger partial charge in [-0.3, -0.25) is 4.40 Å². The summed E-state index contributed by atoms with van der Waals surface area (Å²) in [5, 5.41) is 9.15. The van der Waals surface area contributed by atoms with Crippen molar-refractivity contribution in [1.82, 2.24) is 24.3 Å². The number of anilines is 1. The van der Waals surface area contributed by atoms with Gasteiger partial charge in [0.1, 0.15) is 11.6 Å². The number of nitrogen functional groups attached to an aromatic ring is 1.